The van der Waals surface area contributed by atoms with E-state index in [9.17, 15) is 4.79 Å². The van der Waals surface area contributed by atoms with Crippen LogP contribution in [0.5, 0.6) is 34.5 Å². The lowest BCUT2D eigenvalue weighted by molar-refractivity contribution is 0.112. The zero-order valence-corrected chi connectivity index (χ0v) is 33.6. The molecule has 0 atom stereocenters. The molecule has 0 N–H and O–H groups in total. The van der Waals surface area contributed by atoms with Crippen LogP contribution in [0, 0.1) is 0 Å². The Bertz CT molecular complexity index is 2340. The first-order chi connectivity index (χ1) is 28.0. The molecule has 286 valence electrons. The number of rotatable bonds is 16. The van der Waals surface area contributed by atoms with Crippen LogP contribution >= 0.6 is 7.26 Å². The molecule has 0 bridgehead atoms. The summed E-state index contributed by atoms with van der Waals surface area (Å²) in [6.07, 6.45) is 3.09. The Kier molecular flexibility index (Phi) is 12.3. The molecule has 0 saturated heterocycles. The van der Waals surface area contributed by atoms with Crippen molar-refractivity contribution in [1.29, 1.82) is 0 Å². The zero-order chi connectivity index (χ0) is 39.6. The van der Waals surface area contributed by atoms with Crippen molar-refractivity contribution in [3.05, 3.63) is 186 Å². The molecule has 0 radical (unpaired) electrons. The summed E-state index contributed by atoms with van der Waals surface area (Å²) in [5.41, 5.74) is 6.02. The molecule has 0 aromatic heterocycles. The number of hydrogen-bond acceptors (Lipinski definition) is 6. The Morgan fingerprint density at radius 2 is 1.02 bits per heavy atom. The van der Waals surface area contributed by atoms with Crippen LogP contribution in [0.4, 0.5) is 0 Å². The molecule has 7 heteroatoms. The Morgan fingerprint density at radius 3 is 1.60 bits per heavy atom. The Balaban J connectivity index is 1.21. The van der Waals surface area contributed by atoms with Gasteiger partial charge in [0.15, 0.2) is 23.0 Å². The molecule has 7 aromatic rings. The lowest BCUT2D eigenvalue weighted by atomic mass is 9.93. The number of benzene rings is 7. The van der Waals surface area contributed by atoms with Crippen molar-refractivity contribution in [2.24, 2.45) is 0 Å². The molecular weight excluding hydrogens is 728 g/mol. The molecule has 7 aromatic carbocycles. The summed E-state index contributed by atoms with van der Waals surface area (Å²) in [6.45, 7) is 0. The summed E-state index contributed by atoms with van der Waals surface area (Å²) < 4.78 is 29.3. The van der Waals surface area contributed by atoms with E-state index in [-0.39, 0.29) is 0 Å². The fraction of sp³-hybridized carbons (Fsp3) is 0.140. The monoisotopic (exact) mass is 773 g/mol. The third-order valence-corrected chi connectivity index (χ3v) is 14.7. The van der Waals surface area contributed by atoms with Gasteiger partial charge in [0, 0.05) is 11.1 Å². The predicted octanol–water partition coefficient (Wildman–Crippen LogP) is 10.3. The minimum atomic E-state index is -2.11. The number of aryl methyl sites for hydroxylation is 2. The first-order valence-electron chi connectivity index (χ1n) is 18.9. The van der Waals surface area contributed by atoms with Crippen LogP contribution in [0.25, 0.3) is 11.1 Å². The Morgan fingerprint density at radius 1 is 0.456 bits per heavy atom. The summed E-state index contributed by atoms with van der Waals surface area (Å²) in [5, 5.41) is 4.02. The molecule has 57 heavy (non-hydrogen) atoms. The summed E-state index contributed by atoms with van der Waals surface area (Å²) >= 11 is 0. The van der Waals surface area contributed by atoms with Gasteiger partial charge in [0.1, 0.15) is 41.0 Å². The maximum Gasteiger partial charge on any atom is 0.170 e. The number of carbonyl (C=O) groups excluding carboxylic acids is 1. The number of ether oxygens (including phenoxy) is 5. The van der Waals surface area contributed by atoms with Crippen molar-refractivity contribution in [3.63, 3.8) is 0 Å². The molecule has 0 heterocycles. The molecule has 0 fully saturated rings. The van der Waals surface area contributed by atoms with E-state index in [1.165, 1.54) is 21.5 Å². The molecule has 0 unspecified atom stereocenters. The first-order valence-corrected chi connectivity index (χ1v) is 20.8. The second kappa shape index (κ2) is 18.1. The fourth-order valence-electron chi connectivity index (χ4n) is 7.46. The summed E-state index contributed by atoms with van der Waals surface area (Å²) in [4.78, 5) is 11.4. The molecule has 7 rings (SSSR count). The molecule has 0 aliphatic carbocycles. The van der Waals surface area contributed by atoms with Crippen LogP contribution in [-0.2, 0) is 19.0 Å². The minimum absolute atomic E-state index is 0.432. The van der Waals surface area contributed by atoms with Gasteiger partial charge in [-0.25, -0.2) is 0 Å². The predicted molar refractivity (Wildman–Crippen MR) is 233 cm³/mol. The van der Waals surface area contributed by atoms with E-state index in [1.807, 2.05) is 24.3 Å². The SMILES string of the molecule is COc1ccc(-c2ccc(C[P+](c3ccccc3)(c3ccccc3)c3ccccc3)cc2OC)c(CCc2ccc(Oc3cc(C=O)ccc3OC)c(OC)c2)c1. The van der Waals surface area contributed by atoms with Crippen LogP contribution in [-0.4, -0.2) is 34.7 Å². The summed E-state index contributed by atoms with van der Waals surface area (Å²) in [7, 11) is 4.52. The van der Waals surface area contributed by atoms with Gasteiger partial charge in [-0.15, -0.1) is 0 Å². The first kappa shape index (κ1) is 38.9. The van der Waals surface area contributed by atoms with Crippen LogP contribution in [0.3, 0.4) is 0 Å². The molecule has 0 aliphatic rings. The van der Waals surface area contributed by atoms with Crippen molar-refractivity contribution >= 4 is 29.5 Å². The van der Waals surface area contributed by atoms with Crippen LogP contribution in [0.1, 0.15) is 27.0 Å². The van der Waals surface area contributed by atoms with E-state index in [0.717, 1.165) is 59.0 Å². The van der Waals surface area contributed by atoms with Crippen molar-refractivity contribution < 1.29 is 28.5 Å². The van der Waals surface area contributed by atoms with Gasteiger partial charge in [-0.3, -0.25) is 4.79 Å². The second-order valence-electron chi connectivity index (χ2n) is 13.6. The van der Waals surface area contributed by atoms with Gasteiger partial charge in [0.25, 0.3) is 0 Å². The van der Waals surface area contributed by atoms with Gasteiger partial charge in [0.2, 0.25) is 0 Å². The maximum atomic E-state index is 11.4. The topological polar surface area (TPSA) is 63.2 Å². The van der Waals surface area contributed by atoms with E-state index in [4.69, 9.17) is 23.7 Å². The fourth-order valence-corrected chi connectivity index (χ4v) is 11.7. The van der Waals surface area contributed by atoms with Crippen molar-refractivity contribution in [2.45, 2.75) is 19.0 Å². The number of aldehydes is 1. The summed E-state index contributed by atoms with van der Waals surface area (Å²) in [6, 6.07) is 56.7. The van der Waals surface area contributed by atoms with E-state index in [1.54, 1.807) is 46.6 Å². The third-order valence-electron chi connectivity index (χ3n) is 10.3. The van der Waals surface area contributed by atoms with Gasteiger partial charge in [-0.2, -0.15) is 0 Å². The third kappa shape index (κ3) is 8.42. The number of methoxy groups -OCH3 is 4. The zero-order valence-electron chi connectivity index (χ0n) is 32.7. The van der Waals surface area contributed by atoms with E-state index in [2.05, 4.69) is 121 Å². The molecule has 0 spiro atoms. The van der Waals surface area contributed by atoms with E-state index in [0.29, 0.717) is 28.6 Å². The van der Waals surface area contributed by atoms with Gasteiger partial charge in [0.05, 0.1) is 34.6 Å². The van der Waals surface area contributed by atoms with Gasteiger partial charge < -0.3 is 23.7 Å². The van der Waals surface area contributed by atoms with Crippen LogP contribution < -0.4 is 39.6 Å². The molecular formula is C50H46O6P+. The van der Waals surface area contributed by atoms with E-state index < -0.39 is 7.26 Å². The smallest absolute Gasteiger partial charge is 0.170 e. The molecule has 0 saturated carbocycles. The van der Waals surface area contributed by atoms with Crippen LogP contribution in [0.15, 0.2) is 164 Å². The highest BCUT2D eigenvalue weighted by atomic mass is 31.2. The van der Waals surface area contributed by atoms with Crippen molar-refractivity contribution in [3.8, 4) is 45.6 Å². The minimum Gasteiger partial charge on any atom is -0.497 e. The Hall–Kier alpha value is -6.36. The normalized spacial score (nSPS) is 11.1. The van der Waals surface area contributed by atoms with Crippen molar-refractivity contribution in [2.75, 3.05) is 28.4 Å². The quantitative estimate of drug-likeness (QED) is 0.0720. The Labute approximate surface area is 336 Å². The average molecular weight is 774 g/mol. The lowest BCUT2D eigenvalue weighted by Gasteiger charge is -2.28. The number of carbonyl (C=O) groups is 1. The molecule has 0 aliphatic heterocycles. The van der Waals surface area contributed by atoms with Gasteiger partial charge >= 0.3 is 0 Å². The second-order valence-corrected chi connectivity index (χ2v) is 17.1. The highest BCUT2D eigenvalue weighted by Crippen LogP contribution is 2.58. The molecule has 6 nitrogen and oxygen atoms in total. The standard InChI is InChI=1S/C50H46O6P/c1-52-40-25-27-44(39(33-40)24-20-36-22-29-47(49(30-36)55-4)56-50-31-37(34-51)23-28-46(50)53-2)45-26-21-38(32-48(45)54-3)35-57(41-14-8-5-9-15-41,42-16-10-6-11-17-42)43-18-12-7-13-19-43/h5-19,21-23,25-34H,20,24,35H2,1-4H3/q+1. The molecule has 0 amide bonds. The highest BCUT2D eigenvalue weighted by molar-refractivity contribution is 7.95. The van der Waals surface area contributed by atoms with Crippen molar-refractivity contribution in [1.82, 2.24) is 0 Å². The summed E-state index contributed by atoms with van der Waals surface area (Å²) in [5.74, 6) is 3.67. The largest absolute Gasteiger partial charge is 0.497 e. The van der Waals surface area contributed by atoms with Gasteiger partial charge in [-0.1, -0.05) is 78.9 Å². The lowest BCUT2D eigenvalue weighted by Crippen LogP contribution is -2.32. The van der Waals surface area contributed by atoms with Crippen LogP contribution in [0.2, 0.25) is 0 Å². The maximum absolute atomic E-state index is 11.4. The number of hydrogen-bond donors (Lipinski definition) is 0. The van der Waals surface area contributed by atoms with Gasteiger partial charge in [-0.05, 0) is 120 Å². The average Bonchev–Trinajstić information content (AvgIpc) is 3.28. The van der Waals surface area contributed by atoms with E-state index >= 15 is 0 Å². The highest BCUT2D eigenvalue weighted by Gasteiger charge is 2.45.